The molecule has 1 aliphatic carbocycles. The Morgan fingerprint density at radius 3 is 2.81 bits per heavy atom. The molecule has 4 rings (SSSR count). The molecule has 1 aliphatic rings. The number of thiophene rings is 1. The second-order valence-corrected chi connectivity index (χ2v) is 11.5. The Balaban J connectivity index is 1.41. The van der Waals surface area contributed by atoms with Gasteiger partial charge in [-0.1, -0.05) is 29.8 Å². The molecule has 2 unspecified atom stereocenters. The summed E-state index contributed by atoms with van der Waals surface area (Å²) in [7, 11) is -3.50. The van der Waals surface area contributed by atoms with E-state index in [1.54, 1.807) is 6.07 Å². The van der Waals surface area contributed by atoms with Gasteiger partial charge in [-0.3, -0.25) is 0 Å². The van der Waals surface area contributed by atoms with E-state index < -0.39 is 10.0 Å². The van der Waals surface area contributed by atoms with E-state index in [2.05, 4.69) is 22.9 Å². The summed E-state index contributed by atoms with van der Waals surface area (Å²) >= 11 is 7.39. The lowest BCUT2D eigenvalue weighted by atomic mass is 9.76. The summed E-state index contributed by atoms with van der Waals surface area (Å²) in [4.78, 5) is 0. The number of nitrogens with one attached hydrogen (secondary N) is 1. The zero-order chi connectivity index (χ0) is 22.7. The molecule has 0 spiro atoms. The summed E-state index contributed by atoms with van der Waals surface area (Å²) in [6.07, 6.45) is 2.71. The van der Waals surface area contributed by atoms with E-state index in [-0.39, 0.29) is 25.1 Å². The second kappa shape index (κ2) is 9.93. The fraction of sp³-hybridized carbons (Fsp3) is 0.333. The van der Waals surface area contributed by atoms with Crippen LogP contribution in [0.5, 0.6) is 5.75 Å². The van der Waals surface area contributed by atoms with Crippen LogP contribution in [0.15, 0.2) is 58.1 Å². The molecule has 0 bridgehead atoms. The maximum absolute atomic E-state index is 12.3. The van der Waals surface area contributed by atoms with E-state index in [1.807, 2.05) is 36.6 Å². The molecule has 2 atom stereocenters. The quantitative estimate of drug-likeness (QED) is 0.450. The van der Waals surface area contributed by atoms with Crippen molar-refractivity contribution in [2.75, 3.05) is 13.2 Å². The summed E-state index contributed by atoms with van der Waals surface area (Å²) in [6.45, 7) is 2.31. The van der Waals surface area contributed by atoms with Crippen LogP contribution in [0.4, 0.5) is 0 Å². The van der Waals surface area contributed by atoms with E-state index >= 15 is 0 Å². The minimum absolute atomic E-state index is 0.0674. The predicted octanol–water partition coefficient (Wildman–Crippen LogP) is 4.67. The van der Waals surface area contributed by atoms with Crippen molar-refractivity contribution in [3.63, 3.8) is 0 Å². The molecular formula is C24H27ClN2O3S2. The highest BCUT2D eigenvalue weighted by Crippen LogP contribution is 2.36. The first-order chi connectivity index (χ1) is 15.3. The Hall–Kier alpha value is -1.90. The molecule has 3 N–H and O–H groups in total. The van der Waals surface area contributed by atoms with Gasteiger partial charge in [0, 0.05) is 23.5 Å². The van der Waals surface area contributed by atoms with Crippen molar-refractivity contribution in [3.05, 3.63) is 81.2 Å². The zero-order valence-corrected chi connectivity index (χ0v) is 20.3. The Morgan fingerprint density at radius 1 is 1.22 bits per heavy atom. The van der Waals surface area contributed by atoms with E-state index in [1.165, 1.54) is 22.5 Å². The molecule has 0 aliphatic heterocycles. The van der Waals surface area contributed by atoms with Crippen LogP contribution in [-0.2, 0) is 22.9 Å². The highest BCUT2D eigenvalue weighted by atomic mass is 35.5. The van der Waals surface area contributed by atoms with E-state index in [0.29, 0.717) is 4.21 Å². The third-order valence-electron chi connectivity index (χ3n) is 5.76. The molecule has 0 saturated carbocycles. The lowest BCUT2D eigenvalue weighted by Crippen LogP contribution is -2.34. The fourth-order valence-electron chi connectivity index (χ4n) is 4.13. The molecule has 1 heterocycles. The number of sulfonamides is 1. The minimum atomic E-state index is -3.50. The SMILES string of the molecule is Cc1csc(S(=O)(=O)NCCOc2ccc3c(c2)C(Cc2cccc(Cl)c2)C(N)CC3)c1. The van der Waals surface area contributed by atoms with Gasteiger partial charge in [0.15, 0.2) is 0 Å². The summed E-state index contributed by atoms with van der Waals surface area (Å²) in [5, 5.41) is 2.55. The van der Waals surface area contributed by atoms with Gasteiger partial charge in [-0.15, -0.1) is 11.3 Å². The Labute approximate surface area is 198 Å². The van der Waals surface area contributed by atoms with Crippen molar-refractivity contribution in [2.24, 2.45) is 5.73 Å². The number of hydrogen-bond acceptors (Lipinski definition) is 5. The van der Waals surface area contributed by atoms with E-state index in [4.69, 9.17) is 22.1 Å². The van der Waals surface area contributed by atoms with Gasteiger partial charge < -0.3 is 10.5 Å². The maximum Gasteiger partial charge on any atom is 0.250 e. The highest BCUT2D eigenvalue weighted by Gasteiger charge is 2.27. The van der Waals surface area contributed by atoms with Crippen LogP contribution in [0.1, 0.15) is 34.6 Å². The van der Waals surface area contributed by atoms with Crippen molar-refractivity contribution in [1.82, 2.24) is 4.72 Å². The minimum Gasteiger partial charge on any atom is -0.492 e. The van der Waals surface area contributed by atoms with Gasteiger partial charge >= 0.3 is 0 Å². The third kappa shape index (κ3) is 5.53. The lowest BCUT2D eigenvalue weighted by Gasteiger charge is -2.32. The normalized spacial score (nSPS) is 18.3. The Morgan fingerprint density at radius 2 is 2.06 bits per heavy atom. The number of aryl methyl sites for hydroxylation is 2. The van der Waals surface area contributed by atoms with Gasteiger partial charge in [-0.05, 0) is 84.2 Å². The number of ether oxygens (including phenoxy) is 1. The summed E-state index contributed by atoms with van der Waals surface area (Å²) < 4.78 is 33.5. The molecule has 8 heteroatoms. The molecule has 0 amide bonds. The number of hydrogen-bond donors (Lipinski definition) is 2. The molecule has 1 aromatic heterocycles. The van der Waals surface area contributed by atoms with Crippen LogP contribution in [0, 0.1) is 6.92 Å². The van der Waals surface area contributed by atoms with E-state index in [0.717, 1.165) is 41.2 Å². The van der Waals surface area contributed by atoms with Crippen molar-refractivity contribution in [1.29, 1.82) is 0 Å². The number of benzene rings is 2. The van der Waals surface area contributed by atoms with Crippen molar-refractivity contribution in [2.45, 2.75) is 42.4 Å². The van der Waals surface area contributed by atoms with Crippen LogP contribution < -0.4 is 15.2 Å². The summed E-state index contributed by atoms with van der Waals surface area (Å²) in [5.41, 5.74) is 11.1. The van der Waals surface area contributed by atoms with Gasteiger partial charge in [-0.25, -0.2) is 13.1 Å². The molecule has 5 nitrogen and oxygen atoms in total. The number of fused-ring (bicyclic) bond motifs is 1. The van der Waals surface area contributed by atoms with Crippen molar-refractivity contribution < 1.29 is 13.2 Å². The standard InChI is InChI=1S/C24H27ClN2O3S2/c1-16-11-24(31-15-16)32(28,29)27-9-10-30-20-7-5-18-6-8-23(26)22(21(18)14-20)13-17-3-2-4-19(25)12-17/h2-5,7,11-12,14-15,22-23,27H,6,8-10,13,26H2,1H3. The first-order valence-corrected chi connectivity index (χ1v) is 13.4. The first kappa shape index (κ1) is 23.3. The molecule has 0 saturated heterocycles. The summed E-state index contributed by atoms with van der Waals surface area (Å²) in [6, 6.07) is 15.7. The third-order valence-corrected chi connectivity index (χ3v) is 9.01. The van der Waals surface area contributed by atoms with Gasteiger partial charge in [-0.2, -0.15) is 0 Å². The van der Waals surface area contributed by atoms with Crippen LogP contribution >= 0.6 is 22.9 Å². The number of rotatable bonds is 8. The Kier molecular flexibility index (Phi) is 7.22. The monoisotopic (exact) mass is 490 g/mol. The van der Waals surface area contributed by atoms with Gasteiger partial charge in [0.05, 0.1) is 0 Å². The molecule has 0 fully saturated rings. The molecular weight excluding hydrogens is 464 g/mol. The molecule has 3 aromatic rings. The zero-order valence-electron chi connectivity index (χ0n) is 17.9. The highest BCUT2D eigenvalue weighted by molar-refractivity contribution is 7.91. The van der Waals surface area contributed by atoms with Crippen LogP contribution in [0.3, 0.4) is 0 Å². The average Bonchev–Trinajstić information content (AvgIpc) is 3.21. The number of halogens is 1. The molecule has 170 valence electrons. The number of nitrogens with two attached hydrogens (primary N) is 1. The predicted molar refractivity (Wildman–Crippen MR) is 130 cm³/mol. The fourth-order valence-corrected chi connectivity index (χ4v) is 6.63. The second-order valence-electron chi connectivity index (χ2n) is 8.19. The van der Waals surface area contributed by atoms with E-state index in [9.17, 15) is 8.42 Å². The van der Waals surface area contributed by atoms with Gasteiger partial charge in [0.1, 0.15) is 16.6 Å². The summed E-state index contributed by atoms with van der Waals surface area (Å²) in [5.74, 6) is 0.904. The van der Waals surface area contributed by atoms with Gasteiger partial charge in [0.25, 0.3) is 0 Å². The Bertz CT molecular complexity index is 1190. The van der Waals surface area contributed by atoms with Crippen LogP contribution in [0.2, 0.25) is 5.02 Å². The molecule has 0 radical (unpaired) electrons. The van der Waals surface area contributed by atoms with Gasteiger partial charge in [0.2, 0.25) is 10.0 Å². The smallest absolute Gasteiger partial charge is 0.250 e. The lowest BCUT2D eigenvalue weighted by molar-refractivity contribution is 0.321. The van der Waals surface area contributed by atoms with Crippen molar-refractivity contribution in [3.8, 4) is 5.75 Å². The maximum atomic E-state index is 12.3. The van der Waals surface area contributed by atoms with Crippen molar-refractivity contribution >= 4 is 33.0 Å². The average molecular weight is 491 g/mol. The molecule has 32 heavy (non-hydrogen) atoms. The molecule has 2 aromatic carbocycles. The van der Waals surface area contributed by atoms with Crippen LogP contribution in [0.25, 0.3) is 0 Å². The topological polar surface area (TPSA) is 81.4 Å². The largest absolute Gasteiger partial charge is 0.492 e. The van der Waals surface area contributed by atoms with Crippen LogP contribution in [-0.4, -0.2) is 27.6 Å². The first-order valence-electron chi connectivity index (χ1n) is 10.6.